The number of hydrogen-bond donors (Lipinski definition) is 2. The quantitative estimate of drug-likeness (QED) is 0.623. The fourth-order valence-corrected chi connectivity index (χ4v) is 2.95. The first kappa shape index (κ1) is 8.87. The van der Waals surface area contributed by atoms with Gasteiger partial charge in [0.1, 0.15) is 5.54 Å². The van der Waals surface area contributed by atoms with Crippen LogP contribution < -0.4 is 10.6 Å². The fourth-order valence-electron chi connectivity index (χ4n) is 1.62. The summed E-state index contributed by atoms with van der Waals surface area (Å²) in [5.41, 5.74) is -0.349. The summed E-state index contributed by atoms with van der Waals surface area (Å²) in [5, 5.41) is 5.96. The average molecular weight is 199 g/mol. The minimum Gasteiger partial charge on any atom is -0.341 e. The van der Waals surface area contributed by atoms with Crippen LogP contribution in [0.1, 0.15) is 13.3 Å². The Balaban J connectivity index is 2.15. The third-order valence-electron chi connectivity index (χ3n) is 2.36. The zero-order chi connectivity index (χ0) is 9.31. The molecule has 2 saturated heterocycles. The summed E-state index contributed by atoms with van der Waals surface area (Å²) in [5.74, 6) is 2.65. The van der Waals surface area contributed by atoms with Gasteiger partial charge in [-0.05, 0) is 19.1 Å². The van der Waals surface area contributed by atoms with Gasteiger partial charge in [-0.15, -0.1) is 0 Å². The van der Waals surface area contributed by atoms with Gasteiger partial charge in [-0.25, -0.2) is 0 Å². The van der Waals surface area contributed by atoms with Crippen LogP contribution in [0.4, 0.5) is 0 Å². The Kier molecular flexibility index (Phi) is 2.19. The standard InChI is InChI=1S/C8H13N3OS/c1-2-9-7-10-6(12)8(11-7)3-4-13-5-8/h2-5H2,1H3,(H2,9,10,11,12). The van der Waals surface area contributed by atoms with Crippen LogP contribution in [0.5, 0.6) is 0 Å². The molecule has 0 radical (unpaired) electrons. The van der Waals surface area contributed by atoms with Crippen molar-refractivity contribution < 1.29 is 4.79 Å². The molecule has 0 aromatic heterocycles. The van der Waals surface area contributed by atoms with E-state index in [2.05, 4.69) is 15.6 Å². The third kappa shape index (κ3) is 1.41. The molecule has 2 fully saturated rings. The molecule has 0 saturated carbocycles. The predicted molar refractivity (Wildman–Crippen MR) is 53.9 cm³/mol. The molecule has 2 aliphatic rings. The summed E-state index contributed by atoms with van der Waals surface area (Å²) < 4.78 is 0. The maximum atomic E-state index is 11.6. The molecule has 0 bridgehead atoms. The Bertz CT molecular complexity index is 258. The number of hydrogen-bond acceptors (Lipinski definition) is 3. The molecular weight excluding hydrogens is 186 g/mol. The van der Waals surface area contributed by atoms with Crippen molar-refractivity contribution in [1.29, 1.82) is 0 Å². The number of nitrogens with zero attached hydrogens (tertiary/aromatic N) is 1. The fraction of sp³-hybridized carbons (Fsp3) is 0.750. The van der Waals surface area contributed by atoms with E-state index in [1.165, 1.54) is 0 Å². The van der Waals surface area contributed by atoms with E-state index in [1.807, 2.05) is 18.7 Å². The van der Waals surface area contributed by atoms with Crippen LogP contribution in [0.25, 0.3) is 0 Å². The lowest BCUT2D eigenvalue weighted by Crippen LogP contribution is -2.46. The Hall–Kier alpha value is -0.710. The molecule has 1 amide bonds. The summed E-state index contributed by atoms with van der Waals surface area (Å²) >= 11 is 1.82. The topological polar surface area (TPSA) is 53.5 Å². The molecular formula is C8H13N3OS. The molecule has 2 rings (SSSR count). The Morgan fingerprint density at radius 3 is 3.15 bits per heavy atom. The Labute approximate surface area is 81.6 Å². The predicted octanol–water partition coefficient (Wildman–Crippen LogP) is -0.0426. The highest BCUT2D eigenvalue weighted by Gasteiger charge is 2.47. The van der Waals surface area contributed by atoms with Gasteiger partial charge in [0.2, 0.25) is 0 Å². The first-order valence-electron chi connectivity index (χ1n) is 4.49. The van der Waals surface area contributed by atoms with Crippen LogP contribution in [0, 0.1) is 0 Å². The van der Waals surface area contributed by atoms with Crippen molar-refractivity contribution in [2.75, 3.05) is 18.1 Å². The molecule has 72 valence electrons. The molecule has 0 aromatic carbocycles. The number of guanidine groups is 1. The second kappa shape index (κ2) is 3.21. The summed E-state index contributed by atoms with van der Waals surface area (Å²) in [6, 6.07) is 0. The van der Waals surface area contributed by atoms with E-state index < -0.39 is 0 Å². The van der Waals surface area contributed by atoms with Gasteiger partial charge in [0.15, 0.2) is 5.96 Å². The van der Waals surface area contributed by atoms with Gasteiger partial charge < -0.3 is 5.32 Å². The SMILES string of the molecule is CCN=C1NC(=O)C2(CCSC2)N1. The number of carbonyl (C=O) groups excluding carboxylic acids is 1. The molecule has 2 aliphatic heterocycles. The molecule has 13 heavy (non-hydrogen) atoms. The molecule has 1 unspecified atom stereocenters. The van der Waals surface area contributed by atoms with E-state index in [4.69, 9.17) is 0 Å². The van der Waals surface area contributed by atoms with Gasteiger partial charge >= 0.3 is 0 Å². The van der Waals surface area contributed by atoms with E-state index in [1.54, 1.807) is 0 Å². The number of aliphatic imine (C=N–C) groups is 1. The Morgan fingerprint density at radius 1 is 1.69 bits per heavy atom. The zero-order valence-electron chi connectivity index (χ0n) is 7.59. The summed E-state index contributed by atoms with van der Waals surface area (Å²) in [4.78, 5) is 15.8. The monoisotopic (exact) mass is 199 g/mol. The van der Waals surface area contributed by atoms with Gasteiger partial charge in [0, 0.05) is 12.3 Å². The molecule has 1 spiro atoms. The van der Waals surface area contributed by atoms with E-state index in [0.29, 0.717) is 12.5 Å². The normalized spacial score (nSPS) is 35.5. The van der Waals surface area contributed by atoms with Gasteiger partial charge in [0.05, 0.1) is 0 Å². The lowest BCUT2D eigenvalue weighted by Gasteiger charge is -2.17. The second-order valence-electron chi connectivity index (χ2n) is 3.29. The smallest absolute Gasteiger partial charge is 0.253 e. The van der Waals surface area contributed by atoms with Crippen molar-refractivity contribution in [2.24, 2.45) is 4.99 Å². The van der Waals surface area contributed by atoms with Crippen molar-refractivity contribution in [3.63, 3.8) is 0 Å². The Morgan fingerprint density at radius 2 is 2.54 bits per heavy atom. The van der Waals surface area contributed by atoms with E-state index >= 15 is 0 Å². The molecule has 2 N–H and O–H groups in total. The van der Waals surface area contributed by atoms with Crippen LogP contribution in [0.2, 0.25) is 0 Å². The molecule has 0 aromatic rings. The van der Waals surface area contributed by atoms with Crippen LogP contribution in [0.3, 0.4) is 0 Å². The molecule has 1 atom stereocenters. The average Bonchev–Trinajstić information content (AvgIpc) is 2.64. The highest BCUT2D eigenvalue weighted by molar-refractivity contribution is 7.99. The highest BCUT2D eigenvalue weighted by Crippen LogP contribution is 2.30. The van der Waals surface area contributed by atoms with Crippen molar-refractivity contribution in [1.82, 2.24) is 10.6 Å². The first-order chi connectivity index (χ1) is 6.27. The zero-order valence-corrected chi connectivity index (χ0v) is 8.41. The van der Waals surface area contributed by atoms with Gasteiger partial charge in [0.25, 0.3) is 5.91 Å². The molecule has 5 heteroatoms. The van der Waals surface area contributed by atoms with Crippen LogP contribution >= 0.6 is 11.8 Å². The summed E-state index contributed by atoms with van der Waals surface area (Å²) in [7, 11) is 0. The number of carbonyl (C=O) groups is 1. The number of nitrogens with one attached hydrogen (secondary N) is 2. The maximum absolute atomic E-state index is 11.6. The van der Waals surface area contributed by atoms with Gasteiger partial charge in [-0.2, -0.15) is 11.8 Å². The van der Waals surface area contributed by atoms with Gasteiger partial charge in [-0.3, -0.25) is 15.1 Å². The molecule has 2 heterocycles. The van der Waals surface area contributed by atoms with E-state index in [0.717, 1.165) is 17.9 Å². The van der Waals surface area contributed by atoms with Gasteiger partial charge in [-0.1, -0.05) is 0 Å². The maximum Gasteiger partial charge on any atom is 0.253 e. The van der Waals surface area contributed by atoms with Crippen molar-refractivity contribution in [2.45, 2.75) is 18.9 Å². The molecule has 4 nitrogen and oxygen atoms in total. The molecule has 0 aliphatic carbocycles. The van der Waals surface area contributed by atoms with Crippen molar-refractivity contribution in [3.05, 3.63) is 0 Å². The number of thioether (sulfide) groups is 1. The van der Waals surface area contributed by atoms with Crippen molar-refractivity contribution >= 4 is 23.6 Å². The van der Waals surface area contributed by atoms with Crippen LogP contribution in [-0.4, -0.2) is 35.5 Å². The van der Waals surface area contributed by atoms with E-state index in [-0.39, 0.29) is 11.4 Å². The summed E-state index contributed by atoms with van der Waals surface area (Å²) in [6.07, 6.45) is 0.909. The lowest BCUT2D eigenvalue weighted by atomic mass is 10.0. The lowest BCUT2D eigenvalue weighted by molar-refractivity contribution is -0.123. The minimum absolute atomic E-state index is 0.0877. The minimum atomic E-state index is -0.349. The van der Waals surface area contributed by atoms with Crippen molar-refractivity contribution in [3.8, 4) is 0 Å². The highest BCUT2D eigenvalue weighted by atomic mass is 32.2. The van der Waals surface area contributed by atoms with Crippen LogP contribution in [0.15, 0.2) is 4.99 Å². The first-order valence-corrected chi connectivity index (χ1v) is 5.64. The number of amides is 1. The van der Waals surface area contributed by atoms with Crippen LogP contribution in [-0.2, 0) is 4.79 Å². The largest absolute Gasteiger partial charge is 0.341 e. The third-order valence-corrected chi connectivity index (χ3v) is 3.55. The second-order valence-corrected chi connectivity index (χ2v) is 4.39. The number of rotatable bonds is 1. The summed E-state index contributed by atoms with van der Waals surface area (Å²) in [6.45, 7) is 2.65. The van der Waals surface area contributed by atoms with E-state index in [9.17, 15) is 4.79 Å².